The molecule has 332 valence electrons. The molecule has 5 aromatic heterocycles. The Morgan fingerprint density at radius 3 is 1.36 bits per heavy atom. The maximum atomic E-state index is 7.28. The van der Waals surface area contributed by atoms with Crippen LogP contribution in [0.5, 0.6) is 0 Å². The summed E-state index contributed by atoms with van der Waals surface area (Å²) in [6, 6.07) is 73.6. The Kier molecular flexibility index (Phi) is 7.96. The molecule has 0 aliphatic carbocycles. The highest BCUT2D eigenvalue weighted by molar-refractivity contribution is 6.31. The lowest BCUT2D eigenvalue weighted by molar-refractivity contribution is 0.592. The molecule has 0 spiro atoms. The summed E-state index contributed by atoms with van der Waals surface area (Å²) in [6.45, 7) is 6.91. The third kappa shape index (κ3) is 5.62. The lowest BCUT2D eigenvalue weighted by Gasteiger charge is -2.26. The summed E-state index contributed by atoms with van der Waals surface area (Å²) in [5.74, 6) is 0. The first-order valence-electron chi connectivity index (χ1n) is 24.0. The van der Waals surface area contributed by atoms with Gasteiger partial charge in [0.25, 0.3) is 0 Å². The van der Waals surface area contributed by atoms with Crippen LogP contribution in [0.1, 0.15) is 26.3 Å². The topological polar surface area (TPSA) is 50.3 Å². The van der Waals surface area contributed by atoms with Gasteiger partial charge in [-0.3, -0.25) is 4.40 Å². The fraction of sp³-hybridized carbons (Fsp3) is 0.0625. The maximum absolute atomic E-state index is 7.28. The molecule has 15 rings (SSSR count). The van der Waals surface area contributed by atoms with Crippen LogP contribution in [0, 0.1) is 0 Å². The number of hydrogen-bond acceptors (Lipinski definition) is 5. The van der Waals surface area contributed by atoms with Gasteiger partial charge in [0.15, 0.2) is 0 Å². The van der Waals surface area contributed by atoms with Gasteiger partial charge >= 0.3 is 0 Å². The summed E-state index contributed by atoms with van der Waals surface area (Å²) in [7, 11) is 0. The van der Waals surface area contributed by atoms with E-state index in [1.165, 1.54) is 27.2 Å². The maximum Gasteiger partial charge on any atom is 0.213 e. The van der Waals surface area contributed by atoms with Crippen molar-refractivity contribution in [3.05, 3.63) is 212 Å². The number of hydrogen-bond donors (Lipinski definition) is 0. The summed E-state index contributed by atoms with van der Waals surface area (Å²) < 4.78 is 22.5. The van der Waals surface area contributed by atoms with Gasteiger partial charge < -0.3 is 23.1 Å². The van der Waals surface area contributed by atoms with Gasteiger partial charge in [-0.15, -0.1) is 0 Å². The quantitative estimate of drug-likeness (QED) is 0.166. The molecule has 0 aliphatic heterocycles. The molecule has 0 radical (unpaired) electrons. The minimum absolute atomic E-state index is 0.0904. The Bertz CT molecular complexity index is 4590. The molecular formula is C64H43N3O3. The van der Waals surface area contributed by atoms with Crippen LogP contribution in [0.15, 0.2) is 220 Å². The third-order valence-electron chi connectivity index (χ3n) is 14.6. The second-order valence-electron chi connectivity index (χ2n) is 19.7. The van der Waals surface area contributed by atoms with Crippen LogP contribution in [-0.4, -0.2) is 4.40 Å². The first-order chi connectivity index (χ1) is 34.3. The number of fused-ring (bicyclic) bond motifs is 16. The van der Waals surface area contributed by atoms with Crippen LogP contribution in [0.2, 0.25) is 0 Å². The van der Waals surface area contributed by atoms with Crippen molar-refractivity contribution in [2.75, 3.05) is 9.80 Å². The van der Waals surface area contributed by atoms with Crippen LogP contribution in [0.4, 0.5) is 34.1 Å². The van der Waals surface area contributed by atoms with Gasteiger partial charge in [-0.05, 0) is 113 Å². The minimum Gasteiger partial charge on any atom is -0.456 e. The smallest absolute Gasteiger partial charge is 0.213 e. The Morgan fingerprint density at radius 2 is 0.771 bits per heavy atom. The zero-order valence-electron chi connectivity index (χ0n) is 38.7. The Morgan fingerprint density at radius 1 is 0.329 bits per heavy atom. The average Bonchev–Trinajstić information content (AvgIpc) is 4.20. The largest absolute Gasteiger partial charge is 0.456 e. The second-order valence-corrected chi connectivity index (χ2v) is 19.7. The molecule has 10 aromatic carbocycles. The molecule has 0 atom stereocenters. The van der Waals surface area contributed by atoms with E-state index < -0.39 is 0 Å². The van der Waals surface area contributed by atoms with E-state index >= 15 is 0 Å². The zero-order chi connectivity index (χ0) is 46.4. The monoisotopic (exact) mass is 901 g/mol. The predicted molar refractivity (Wildman–Crippen MR) is 291 cm³/mol. The molecule has 0 fully saturated rings. The van der Waals surface area contributed by atoms with Crippen molar-refractivity contribution in [1.82, 2.24) is 4.40 Å². The molecule has 0 unspecified atom stereocenters. The Hall–Kier alpha value is -9.00. The number of furan rings is 3. The van der Waals surface area contributed by atoms with Crippen molar-refractivity contribution < 1.29 is 13.3 Å². The van der Waals surface area contributed by atoms with Gasteiger partial charge in [0.05, 0.1) is 16.4 Å². The zero-order valence-corrected chi connectivity index (χ0v) is 38.7. The lowest BCUT2D eigenvalue weighted by Crippen LogP contribution is -2.10. The summed E-state index contributed by atoms with van der Waals surface area (Å²) in [4.78, 5) is 4.62. The van der Waals surface area contributed by atoms with Crippen molar-refractivity contribution >= 4 is 138 Å². The third-order valence-corrected chi connectivity index (χ3v) is 14.6. The highest BCUT2D eigenvalue weighted by atomic mass is 16.3. The number of rotatable bonds is 6. The number of para-hydroxylation sites is 4. The van der Waals surface area contributed by atoms with Crippen molar-refractivity contribution in [2.45, 2.75) is 26.2 Å². The lowest BCUT2D eigenvalue weighted by atomic mass is 9.85. The highest BCUT2D eigenvalue weighted by Crippen LogP contribution is 2.49. The molecule has 0 aliphatic rings. The Balaban J connectivity index is 0.966. The molecule has 5 heterocycles. The number of anilines is 6. The van der Waals surface area contributed by atoms with Gasteiger partial charge in [0, 0.05) is 101 Å². The second kappa shape index (κ2) is 14.3. The van der Waals surface area contributed by atoms with E-state index in [0.29, 0.717) is 0 Å². The van der Waals surface area contributed by atoms with Gasteiger partial charge in [0.2, 0.25) is 5.71 Å². The van der Waals surface area contributed by atoms with E-state index in [4.69, 9.17) is 13.3 Å². The molecular weight excluding hydrogens is 859 g/mol. The van der Waals surface area contributed by atoms with Gasteiger partial charge in [-0.2, -0.15) is 0 Å². The van der Waals surface area contributed by atoms with Crippen LogP contribution < -0.4 is 9.80 Å². The number of aromatic nitrogens is 1. The van der Waals surface area contributed by atoms with Gasteiger partial charge in [-0.25, -0.2) is 0 Å². The molecule has 6 heteroatoms. The fourth-order valence-electron chi connectivity index (χ4n) is 11.3. The fourth-order valence-corrected chi connectivity index (χ4v) is 11.3. The van der Waals surface area contributed by atoms with E-state index in [0.717, 1.165) is 116 Å². The predicted octanol–water partition coefficient (Wildman–Crippen LogP) is 18.8. The van der Waals surface area contributed by atoms with Crippen LogP contribution in [0.25, 0.3) is 104 Å². The van der Waals surface area contributed by atoms with E-state index in [9.17, 15) is 0 Å². The molecule has 15 aromatic rings. The average molecular weight is 902 g/mol. The van der Waals surface area contributed by atoms with Gasteiger partial charge in [-0.1, -0.05) is 112 Å². The van der Waals surface area contributed by atoms with E-state index in [-0.39, 0.29) is 5.41 Å². The minimum atomic E-state index is -0.0904. The van der Waals surface area contributed by atoms with E-state index in [2.05, 4.69) is 217 Å². The molecule has 0 bridgehead atoms. The molecule has 0 saturated carbocycles. The first kappa shape index (κ1) is 39.0. The number of nitrogens with zero attached hydrogens (tertiary/aromatic N) is 3. The van der Waals surface area contributed by atoms with Crippen molar-refractivity contribution in [3.63, 3.8) is 0 Å². The summed E-state index contributed by atoms with van der Waals surface area (Å²) >= 11 is 0. The summed E-state index contributed by atoms with van der Waals surface area (Å²) in [5, 5.41) is 12.6. The first-order valence-corrected chi connectivity index (χ1v) is 24.0. The van der Waals surface area contributed by atoms with Crippen molar-refractivity contribution in [2.24, 2.45) is 0 Å². The van der Waals surface area contributed by atoms with Crippen molar-refractivity contribution in [3.8, 4) is 0 Å². The van der Waals surface area contributed by atoms with E-state index in [1.807, 2.05) is 24.3 Å². The highest BCUT2D eigenvalue weighted by Gasteiger charge is 2.28. The molecule has 70 heavy (non-hydrogen) atoms. The summed E-state index contributed by atoms with van der Waals surface area (Å²) in [6.07, 6.45) is 0. The van der Waals surface area contributed by atoms with Crippen LogP contribution in [-0.2, 0) is 5.41 Å². The van der Waals surface area contributed by atoms with Crippen LogP contribution >= 0.6 is 0 Å². The Labute approximate surface area is 401 Å². The van der Waals surface area contributed by atoms with Gasteiger partial charge in [0.1, 0.15) is 27.9 Å². The van der Waals surface area contributed by atoms with E-state index in [1.54, 1.807) is 0 Å². The summed E-state index contributed by atoms with van der Waals surface area (Å²) in [5.41, 5.74) is 14.8. The van der Waals surface area contributed by atoms with Crippen molar-refractivity contribution in [1.29, 1.82) is 0 Å². The normalized spacial score (nSPS) is 12.5. The molecule has 0 saturated heterocycles. The molecule has 0 amide bonds. The number of benzene rings is 10. The van der Waals surface area contributed by atoms with Crippen LogP contribution in [0.3, 0.4) is 0 Å². The SMILES string of the molecule is CC(C)(C)c1cc2c3ccc4ccc(N(c5ccccc5)c5ccc6c(c5)oc5ccccc56)cc4c3n3c4oc5cc(N(c6ccccc6)c6ccc7c(c6)oc6ccccc67)ccc5c4c(c1)c23. The molecule has 0 N–H and O–H groups in total. The molecule has 6 nitrogen and oxygen atoms in total. The standard InChI is InChI=1S/C64H43N3O3/c1-64(2,3)39-32-53-50-28-23-38-22-24-42(65(40-14-6-4-7-15-40)43-25-29-48-46-18-10-12-20-55(46)68-57(48)35-43)34-52(38)61(50)67-62(53)54(33-39)60-51-31-27-45(37-59(51)70-63(60)67)66(41-16-8-5-9-17-41)44-26-30-49-47-19-11-13-21-56(47)69-58(49)36-44/h4-37H,1-3H3.